The Balaban J connectivity index is 2.28. The van der Waals surface area contributed by atoms with Gasteiger partial charge in [0.25, 0.3) is 0 Å². The quantitative estimate of drug-likeness (QED) is 0.594. The molecule has 0 N–H and O–H groups in total. The molecule has 1 fully saturated rings. The zero-order valence-electron chi connectivity index (χ0n) is 7.56. The second-order valence-electron chi connectivity index (χ2n) is 3.72. The first-order valence-electron chi connectivity index (χ1n) is 4.01. The summed E-state index contributed by atoms with van der Waals surface area (Å²) in [4.78, 5) is 12.6. The minimum absolute atomic E-state index is 0.0116. The van der Waals surface area contributed by atoms with E-state index in [-0.39, 0.29) is 5.78 Å². The van der Waals surface area contributed by atoms with Crippen molar-refractivity contribution < 1.29 is 9.18 Å². The van der Waals surface area contributed by atoms with E-state index in [4.69, 9.17) is 0 Å². The van der Waals surface area contributed by atoms with E-state index in [1.165, 1.54) is 6.92 Å². The van der Waals surface area contributed by atoms with Crippen molar-refractivity contribution in [3.05, 3.63) is 12.2 Å². The van der Waals surface area contributed by atoms with Gasteiger partial charge in [-0.1, -0.05) is 6.58 Å². The summed E-state index contributed by atoms with van der Waals surface area (Å²) >= 11 is 0. The highest BCUT2D eigenvalue weighted by molar-refractivity contribution is 5.92. The van der Waals surface area contributed by atoms with Gasteiger partial charge >= 0.3 is 0 Å². The molecule has 0 bridgehead atoms. The van der Waals surface area contributed by atoms with Crippen LogP contribution < -0.4 is 0 Å². The van der Waals surface area contributed by atoms with E-state index >= 15 is 0 Å². The molecular formula is C9H14FNO. The molecule has 0 aromatic heterocycles. The molecule has 3 heteroatoms. The van der Waals surface area contributed by atoms with Gasteiger partial charge in [0.2, 0.25) is 0 Å². The third kappa shape index (κ3) is 2.14. The van der Waals surface area contributed by atoms with Gasteiger partial charge in [0, 0.05) is 25.2 Å². The molecule has 1 heterocycles. The lowest BCUT2D eigenvalue weighted by Crippen LogP contribution is -2.57. The van der Waals surface area contributed by atoms with Crippen LogP contribution >= 0.6 is 0 Å². The lowest BCUT2D eigenvalue weighted by molar-refractivity contribution is -0.114. The number of carbonyl (C=O) groups excluding carboxylic acids is 1. The van der Waals surface area contributed by atoms with Crippen LogP contribution in [-0.4, -0.2) is 36.0 Å². The highest BCUT2D eigenvalue weighted by Gasteiger charge is 2.38. The largest absolute Gasteiger partial charge is 0.295 e. The van der Waals surface area contributed by atoms with E-state index in [2.05, 4.69) is 6.58 Å². The molecule has 0 aromatic carbocycles. The predicted octanol–water partition coefficient (Wildman–Crippen LogP) is 1.18. The van der Waals surface area contributed by atoms with Crippen LogP contribution in [0.3, 0.4) is 0 Å². The summed E-state index contributed by atoms with van der Waals surface area (Å²) in [6.45, 7) is 8.00. The molecule has 12 heavy (non-hydrogen) atoms. The van der Waals surface area contributed by atoms with Crippen LogP contribution in [0.15, 0.2) is 12.2 Å². The number of halogens is 1. The fraction of sp³-hybridized carbons (Fsp3) is 0.667. The van der Waals surface area contributed by atoms with Gasteiger partial charge in [-0.05, 0) is 13.8 Å². The fourth-order valence-electron chi connectivity index (χ4n) is 1.38. The first-order chi connectivity index (χ1) is 5.41. The SMILES string of the molecule is C=C(CN1CC(C)(F)C1)C(C)=O. The molecule has 0 aliphatic carbocycles. The highest BCUT2D eigenvalue weighted by atomic mass is 19.1. The van der Waals surface area contributed by atoms with E-state index < -0.39 is 5.67 Å². The first kappa shape index (κ1) is 9.39. The number of likely N-dealkylation sites (tertiary alicyclic amines) is 1. The lowest BCUT2D eigenvalue weighted by atomic mass is 9.98. The average Bonchev–Trinajstić information content (AvgIpc) is 1.83. The second-order valence-corrected chi connectivity index (χ2v) is 3.72. The summed E-state index contributed by atoms with van der Waals surface area (Å²) < 4.78 is 13.0. The van der Waals surface area contributed by atoms with Crippen molar-refractivity contribution in [1.82, 2.24) is 4.90 Å². The maximum absolute atomic E-state index is 13.0. The fourth-order valence-corrected chi connectivity index (χ4v) is 1.38. The molecule has 68 valence electrons. The van der Waals surface area contributed by atoms with E-state index in [1.807, 2.05) is 4.90 Å². The minimum atomic E-state index is -1.06. The number of Topliss-reactive ketones (excluding diaryl/α,β-unsaturated/α-hetero) is 1. The van der Waals surface area contributed by atoms with Gasteiger partial charge in [0.15, 0.2) is 5.78 Å². The molecule has 2 nitrogen and oxygen atoms in total. The smallest absolute Gasteiger partial charge is 0.156 e. The number of nitrogens with zero attached hydrogens (tertiary/aromatic N) is 1. The maximum atomic E-state index is 13.0. The molecule has 1 saturated heterocycles. The Bertz CT molecular complexity index is 215. The molecule has 0 amide bonds. The van der Waals surface area contributed by atoms with Crippen LogP contribution in [0.1, 0.15) is 13.8 Å². The van der Waals surface area contributed by atoms with Crippen LogP contribution in [0, 0.1) is 0 Å². The second kappa shape index (κ2) is 2.98. The first-order valence-corrected chi connectivity index (χ1v) is 4.01. The topological polar surface area (TPSA) is 20.3 Å². The molecule has 0 aromatic rings. The van der Waals surface area contributed by atoms with Crippen molar-refractivity contribution in [2.45, 2.75) is 19.5 Å². The van der Waals surface area contributed by atoms with Crippen molar-refractivity contribution in [3.63, 3.8) is 0 Å². The Labute approximate surface area is 72.1 Å². The molecule has 0 spiro atoms. The van der Waals surface area contributed by atoms with Gasteiger partial charge in [-0.2, -0.15) is 0 Å². The van der Waals surface area contributed by atoms with E-state index in [0.29, 0.717) is 25.2 Å². The van der Waals surface area contributed by atoms with Crippen molar-refractivity contribution in [1.29, 1.82) is 0 Å². The Morgan fingerprint density at radius 3 is 2.50 bits per heavy atom. The zero-order valence-corrected chi connectivity index (χ0v) is 7.56. The predicted molar refractivity (Wildman–Crippen MR) is 45.8 cm³/mol. The van der Waals surface area contributed by atoms with Crippen LogP contribution in [0.25, 0.3) is 0 Å². The van der Waals surface area contributed by atoms with Crippen molar-refractivity contribution in [2.75, 3.05) is 19.6 Å². The monoisotopic (exact) mass is 171 g/mol. The van der Waals surface area contributed by atoms with Gasteiger partial charge in [-0.25, -0.2) is 4.39 Å². The third-order valence-corrected chi connectivity index (χ3v) is 2.02. The lowest BCUT2D eigenvalue weighted by Gasteiger charge is -2.42. The van der Waals surface area contributed by atoms with Crippen LogP contribution in [0.4, 0.5) is 4.39 Å². The molecule has 0 atom stereocenters. The number of ketones is 1. The normalized spacial score (nSPS) is 21.6. The van der Waals surface area contributed by atoms with Gasteiger partial charge in [0.05, 0.1) is 0 Å². The molecular weight excluding hydrogens is 157 g/mol. The summed E-state index contributed by atoms with van der Waals surface area (Å²) in [5, 5.41) is 0. The molecule has 1 aliphatic heterocycles. The average molecular weight is 171 g/mol. The van der Waals surface area contributed by atoms with Gasteiger partial charge in [0.1, 0.15) is 5.67 Å². The summed E-state index contributed by atoms with van der Waals surface area (Å²) in [5.74, 6) is -0.0116. The van der Waals surface area contributed by atoms with E-state index in [9.17, 15) is 9.18 Å². The number of hydrogen-bond donors (Lipinski definition) is 0. The van der Waals surface area contributed by atoms with Crippen LogP contribution in [0.2, 0.25) is 0 Å². The Morgan fingerprint density at radius 2 is 2.17 bits per heavy atom. The summed E-state index contributed by atoms with van der Waals surface area (Å²) in [5.41, 5.74) is -0.498. The molecule has 1 aliphatic rings. The summed E-state index contributed by atoms with van der Waals surface area (Å²) in [6, 6.07) is 0. The van der Waals surface area contributed by atoms with E-state index in [1.54, 1.807) is 6.92 Å². The molecule has 0 unspecified atom stereocenters. The Kier molecular flexibility index (Phi) is 2.33. The Morgan fingerprint density at radius 1 is 1.67 bits per heavy atom. The molecule has 0 radical (unpaired) electrons. The van der Waals surface area contributed by atoms with Crippen LogP contribution in [-0.2, 0) is 4.79 Å². The maximum Gasteiger partial charge on any atom is 0.156 e. The van der Waals surface area contributed by atoms with Crippen molar-refractivity contribution in [2.24, 2.45) is 0 Å². The van der Waals surface area contributed by atoms with Crippen LogP contribution in [0.5, 0.6) is 0 Å². The number of hydrogen-bond acceptors (Lipinski definition) is 2. The third-order valence-electron chi connectivity index (χ3n) is 2.02. The highest BCUT2D eigenvalue weighted by Crippen LogP contribution is 2.24. The number of alkyl halides is 1. The minimum Gasteiger partial charge on any atom is -0.295 e. The van der Waals surface area contributed by atoms with Gasteiger partial charge in [-0.3, -0.25) is 9.69 Å². The zero-order chi connectivity index (χ0) is 9.35. The van der Waals surface area contributed by atoms with Gasteiger partial charge < -0.3 is 0 Å². The molecule has 1 rings (SSSR count). The van der Waals surface area contributed by atoms with Gasteiger partial charge in [-0.15, -0.1) is 0 Å². The summed E-state index contributed by atoms with van der Waals surface area (Å²) in [7, 11) is 0. The standard InChI is InChI=1S/C9H14FNO/c1-7(8(2)12)4-11-5-9(3,10)6-11/h1,4-6H2,2-3H3. The molecule has 0 saturated carbocycles. The Hall–Kier alpha value is -0.700. The van der Waals surface area contributed by atoms with Crippen molar-refractivity contribution in [3.8, 4) is 0 Å². The number of rotatable bonds is 3. The van der Waals surface area contributed by atoms with Crippen molar-refractivity contribution >= 4 is 5.78 Å². The summed E-state index contributed by atoms with van der Waals surface area (Å²) in [6.07, 6.45) is 0. The van der Waals surface area contributed by atoms with E-state index in [0.717, 1.165) is 0 Å². The number of carbonyl (C=O) groups is 1.